The summed E-state index contributed by atoms with van der Waals surface area (Å²) in [7, 11) is 0. The van der Waals surface area contributed by atoms with Gasteiger partial charge in [0.25, 0.3) is 0 Å². The lowest BCUT2D eigenvalue weighted by molar-refractivity contribution is -0.132. The first-order chi connectivity index (χ1) is 12.4. The van der Waals surface area contributed by atoms with Gasteiger partial charge in [-0.1, -0.05) is 12.1 Å². The molecule has 8 heteroatoms. The Balaban J connectivity index is 1.51. The summed E-state index contributed by atoms with van der Waals surface area (Å²) in [5, 5.41) is 4.37. The topological polar surface area (TPSA) is 46.3 Å². The zero-order chi connectivity index (χ0) is 18.7. The molecule has 1 aromatic carbocycles. The number of aromatic nitrogens is 3. The molecule has 6 nitrogen and oxygen atoms in total. The molecule has 0 radical (unpaired) electrons. The number of hydrogen-bond donors (Lipinski definition) is 0. The molecule has 1 fully saturated rings. The maximum atomic E-state index is 13.0. The summed E-state index contributed by atoms with van der Waals surface area (Å²) in [5.41, 5.74) is 0.837. The fraction of sp³-hybridized carbons (Fsp3) is 0.500. The van der Waals surface area contributed by atoms with E-state index in [9.17, 15) is 9.18 Å². The molecule has 0 unspecified atom stereocenters. The highest BCUT2D eigenvalue weighted by molar-refractivity contribution is 7.71. The first-order valence-corrected chi connectivity index (χ1v) is 9.23. The number of rotatable bonds is 5. The second kappa shape index (κ2) is 8.09. The normalized spacial score (nSPS) is 15.6. The third-order valence-corrected chi connectivity index (χ3v) is 5.06. The van der Waals surface area contributed by atoms with Crippen LogP contribution < -0.4 is 0 Å². The minimum atomic E-state index is -0.284. The van der Waals surface area contributed by atoms with E-state index in [1.165, 1.54) is 12.1 Å². The van der Waals surface area contributed by atoms with Crippen LogP contribution in [0.3, 0.4) is 0 Å². The molecule has 2 aromatic rings. The maximum Gasteiger partial charge on any atom is 0.227 e. The van der Waals surface area contributed by atoms with Crippen LogP contribution in [-0.2, 0) is 17.9 Å². The van der Waals surface area contributed by atoms with Crippen LogP contribution in [0.4, 0.5) is 4.39 Å². The second-order valence-electron chi connectivity index (χ2n) is 6.86. The molecule has 0 aliphatic carbocycles. The number of carbonyl (C=O) groups excluding carboxylic acids is 1. The van der Waals surface area contributed by atoms with E-state index >= 15 is 0 Å². The van der Waals surface area contributed by atoms with Crippen LogP contribution in [0.2, 0.25) is 0 Å². The maximum absolute atomic E-state index is 13.0. The summed E-state index contributed by atoms with van der Waals surface area (Å²) in [6.07, 6.45) is 2.08. The quantitative estimate of drug-likeness (QED) is 0.751. The van der Waals surface area contributed by atoms with E-state index in [1.807, 2.05) is 14.1 Å². The first-order valence-electron chi connectivity index (χ1n) is 8.82. The van der Waals surface area contributed by atoms with Gasteiger partial charge < -0.3 is 9.47 Å². The highest BCUT2D eigenvalue weighted by Crippen LogP contribution is 2.10. The van der Waals surface area contributed by atoms with Crippen LogP contribution in [0.15, 0.2) is 30.6 Å². The minimum Gasteiger partial charge on any atom is -0.340 e. The van der Waals surface area contributed by atoms with Gasteiger partial charge in [-0.25, -0.2) is 9.07 Å². The van der Waals surface area contributed by atoms with Crippen molar-refractivity contribution in [1.82, 2.24) is 24.1 Å². The SMILES string of the molecule is CC(C)n1cnn(CN2CCN(C(=O)Cc3ccc(F)cc3)CC2)c1=S. The summed E-state index contributed by atoms with van der Waals surface area (Å²) in [4.78, 5) is 16.5. The van der Waals surface area contributed by atoms with Gasteiger partial charge in [-0.3, -0.25) is 9.69 Å². The molecule has 3 rings (SSSR count). The highest BCUT2D eigenvalue weighted by Gasteiger charge is 2.22. The van der Waals surface area contributed by atoms with Crippen LogP contribution in [0.1, 0.15) is 25.5 Å². The van der Waals surface area contributed by atoms with E-state index in [0.717, 1.165) is 23.4 Å². The van der Waals surface area contributed by atoms with Gasteiger partial charge >= 0.3 is 0 Å². The second-order valence-corrected chi connectivity index (χ2v) is 7.22. The third kappa shape index (κ3) is 4.37. The van der Waals surface area contributed by atoms with Crippen LogP contribution in [0.25, 0.3) is 0 Å². The molecule has 1 aromatic heterocycles. The Morgan fingerprint density at radius 2 is 1.85 bits per heavy atom. The van der Waals surface area contributed by atoms with Crippen molar-refractivity contribution in [3.05, 3.63) is 46.7 Å². The molecule has 2 heterocycles. The van der Waals surface area contributed by atoms with Gasteiger partial charge in [0.15, 0.2) is 4.77 Å². The molecule has 1 amide bonds. The van der Waals surface area contributed by atoms with Crippen molar-refractivity contribution in [2.75, 3.05) is 26.2 Å². The molecule has 0 atom stereocenters. The van der Waals surface area contributed by atoms with Crippen LogP contribution in [-0.4, -0.2) is 56.2 Å². The van der Waals surface area contributed by atoms with Crippen molar-refractivity contribution < 1.29 is 9.18 Å². The highest BCUT2D eigenvalue weighted by atomic mass is 32.1. The average Bonchev–Trinajstić information content (AvgIpc) is 2.98. The summed E-state index contributed by atoms with van der Waals surface area (Å²) in [5.74, 6) is -0.203. The summed E-state index contributed by atoms with van der Waals surface area (Å²) in [6.45, 7) is 7.71. The molecule has 0 N–H and O–H groups in total. The monoisotopic (exact) mass is 377 g/mol. The molecule has 1 aliphatic heterocycles. The number of carbonyl (C=O) groups is 1. The predicted octanol–water partition coefficient (Wildman–Crippen LogP) is 2.48. The average molecular weight is 377 g/mol. The lowest BCUT2D eigenvalue weighted by Gasteiger charge is -2.34. The van der Waals surface area contributed by atoms with Gasteiger partial charge in [0.1, 0.15) is 12.1 Å². The smallest absolute Gasteiger partial charge is 0.227 e. The molecule has 1 saturated heterocycles. The molecule has 0 saturated carbocycles. The van der Waals surface area contributed by atoms with Crippen molar-refractivity contribution >= 4 is 18.1 Å². The van der Waals surface area contributed by atoms with Gasteiger partial charge in [-0.05, 0) is 43.8 Å². The lowest BCUT2D eigenvalue weighted by Crippen LogP contribution is -2.49. The van der Waals surface area contributed by atoms with Crippen LogP contribution in [0, 0.1) is 10.6 Å². The Labute approximate surface area is 157 Å². The molecule has 1 aliphatic rings. The van der Waals surface area contributed by atoms with Crippen molar-refractivity contribution in [3.8, 4) is 0 Å². The standard InChI is InChI=1S/C18H24FN5OS/c1-14(2)23-12-20-24(18(23)26)13-21-7-9-22(10-8-21)17(25)11-15-3-5-16(19)6-4-15/h3-6,12,14H,7-11,13H2,1-2H3. The molecule has 0 spiro atoms. The molecular weight excluding hydrogens is 353 g/mol. The number of amides is 1. The minimum absolute atomic E-state index is 0.0805. The Hall–Kier alpha value is -2.06. The van der Waals surface area contributed by atoms with Crippen molar-refractivity contribution in [1.29, 1.82) is 0 Å². The molecule has 140 valence electrons. The van der Waals surface area contributed by atoms with Crippen LogP contribution in [0.5, 0.6) is 0 Å². The lowest BCUT2D eigenvalue weighted by atomic mass is 10.1. The zero-order valence-electron chi connectivity index (χ0n) is 15.1. The van der Waals surface area contributed by atoms with E-state index < -0.39 is 0 Å². The van der Waals surface area contributed by atoms with E-state index in [-0.39, 0.29) is 17.8 Å². The van der Waals surface area contributed by atoms with Gasteiger partial charge in [-0.15, -0.1) is 0 Å². The Kier molecular flexibility index (Phi) is 5.83. The number of halogens is 1. The van der Waals surface area contributed by atoms with Gasteiger partial charge in [0.05, 0.1) is 13.1 Å². The Morgan fingerprint density at radius 1 is 1.19 bits per heavy atom. The van der Waals surface area contributed by atoms with E-state index in [4.69, 9.17) is 12.2 Å². The van der Waals surface area contributed by atoms with Crippen molar-refractivity contribution in [3.63, 3.8) is 0 Å². The Bertz CT molecular complexity index is 806. The fourth-order valence-corrected chi connectivity index (χ4v) is 3.38. The van der Waals surface area contributed by atoms with Gasteiger partial charge in [-0.2, -0.15) is 5.10 Å². The summed E-state index contributed by atoms with van der Waals surface area (Å²) < 4.78 is 17.5. The molecule has 0 bridgehead atoms. The Morgan fingerprint density at radius 3 is 2.42 bits per heavy atom. The van der Waals surface area contributed by atoms with Gasteiger partial charge in [0.2, 0.25) is 5.91 Å². The number of piperazine rings is 1. The van der Waals surface area contributed by atoms with Gasteiger partial charge in [0, 0.05) is 32.2 Å². The molecule has 26 heavy (non-hydrogen) atoms. The third-order valence-electron chi connectivity index (χ3n) is 4.64. The predicted molar refractivity (Wildman–Crippen MR) is 99.7 cm³/mol. The number of nitrogens with zero attached hydrogens (tertiary/aromatic N) is 5. The molecular formula is C18H24FN5OS. The van der Waals surface area contributed by atoms with Crippen LogP contribution >= 0.6 is 12.2 Å². The summed E-state index contributed by atoms with van der Waals surface area (Å²) >= 11 is 5.46. The van der Waals surface area contributed by atoms with Crippen molar-refractivity contribution in [2.45, 2.75) is 33.0 Å². The van der Waals surface area contributed by atoms with Crippen molar-refractivity contribution in [2.24, 2.45) is 0 Å². The van der Waals surface area contributed by atoms with E-state index in [1.54, 1.807) is 18.5 Å². The summed E-state index contributed by atoms with van der Waals surface area (Å²) in [6, 6.07) is 6.39. The number of benzene rings is 1. The number of hydrogen-bond acceptors (Lipinski definition) is 4. The first kappa shape index (κ1) is 18.7. The zero-order valence-corrected chi connectivity index (χ0v) is 16.0. The van der Waals surface area contributed by atoms with E-state index in [2.05, 4.69) is 23.8 Å². The largest absolute Gasteiger partial charge is 0.340 e. The fourth-order valence-electron chi connectivity index (χ4n) is 3.02. The van der Waals surface area contributed by atoms with E-state index in [0.29, 0.717) is 26.2 Å².